The zero-order valence-electron chi connectivity index (χ0n) is 10.4. The number of ether oxygens (including phenoxy) is 2. The van der Waals surface area contributed by atoms with Crippen LogP contribution in [0.2, 0.25) is 0 Å². The summed E-state index contributed by atoms with van der Waals surface area (Å²) in [5.74, 6) is -0.871. The van der Waals surface area contributed by atoms with E-state index in [4.69, 9.17) is 9.47 Å². The maximum atomic E-state index is 10.9. The second kappa shape index (κ2) is 3.25. The summed E-state index contributed by atoms with van der Waals surface area (Å²) in [4.78, 5) is 0. The summed E-state index contributed by atoms with van der Waals surface area (Å²) in [6.07, 6.45) is 10.9. The lowest BCUT2D eigenvalue weighted by Crippen LogP contribution is -2.55. The predicted molar refractivity (Wildman–Crippen MR) is 62.2 cm³/mol. The maximum absolute atomic E-state index is 10.9. The molecule has 2 spiro atoms. The van der Waals surface area contributed by atoms with Gasteiger partial charge in [0.05, 0.1) is 0 Å². The van der Waals surface area contributed by atoms with Crippen molar-refractivity contribution in [1.29, 1.82) is 0 Å². The van der Waals surface area contributed by atoms with E-state index in [1.807, 2.05) is 0 Å². The highest BCUT2D eigenvalue weighted by atomic mass is 16.8. The van der Waals surface area contributed by atoms with Crippen LogP contribution in [0.4, 0.5) is 0 Å². The van der Waals surface area contributed by atoms with Gasteiger partial charge in [0.2, 0.25) is 0 Å². The van der Waals surface area contributed by atoms with Crippen molar-refractivity contribution in [3.05, 3.63) is 0 Å². The molecule has 2 unspecified atom stereocenters. The van der Waals surface area contributed by atoms with Gasteiger partial charge in [-0.1, -0.05) is 12.8 Å². The van der Waals surface area contributed by atoms with Crippen molar-refractivity contribution in [2.45, 2.75) is 81.4 Å². The third kappa shape index (κ3) is 1.23. The van der Waals surface area contributed by atoms with Gasteiger partial charge in [0.25, 0.3) is 0 Å². The lowest BCUT2D eigenvalue weighted by Gasteiger charge is -2.47. The molecule has 2 saturated heterocycles. The van der Waals surface area contributed by atoms with Gasteiger partial charge in [0, 0.05) is 18.8 Å². The quantitative estimate of drug-likeness (QED) is 0.705. The van der Waals surface area contributed by atoms with Crippen molar-refractivity contribution in [3.8, 4) is 0 Å². The Morgan fingerprint density at radius 1 is 0.824 bits per heavy atom. The Hall–Kier alpha value is -0.120. The van der Waals surface area contributed by atoms with Crippen molar-refractivity contribution in [2.75, 3.05) is 0 Å². The van der Waals surface area contributed by atoms with Gasteiger partial charge in [-0.3, -0.25) is 0 Å². The summed E-state index contributed by atoms with van der Waals surface area (Å²) in [6.45, 7) is 0. The van der Waals surface area contributed by atoms with Crippen molar-refractivity contribution >= 4 is 0 Å². The zero-order valence-corrected chi connectivity index (χ0v) is 10.4. The van der Waals surface area contributed by atoms with Gasteiger partial charge >= 0.3 is 0 Å². The topological polar surface area (TPSA) is 38.7 Å². The second-order valence-corrected chi connectivity index (χ2v) is 6.48. The molecule has 96 valence electrons. The normalized spacial score (nSPS) is 57.4. The molecule has 4 atom stereocenters. The summed E-state index contributed by atoms with van der Waals surface area (Å²) in [5.41, 5.74) is -0.362. The lowest BCUT2D eigenvalue weighted by molar-refractivity contribution is -0.280. The van der Waals surface area contributed by atoms with E-state index in [1.165, 1.54) is 32.1 Å². The number of hydrogen-bond donors (Lipinski definition) is 1. The second-order valence-electron chi connectivity index (χ2n) is 6.48. The Balaban J connectivity index is 1.75. The fraction of sp³-hybridized carbons (Fsp3) is 1.00. The van der Waals surface area contributed by atoms with Crippen LogP contribution >= 0.6 is 0 Å². The average molecular weight is 238 g/mol. The van der Waals surface area contributed by atoms with E-state index in [1.54, 1.807) is 0 Å². The first kappa shape index (κ1) is 10.8. The summed E-state index contributed by atoms with van der Waals surface area (Å²) in [5, 5.41) is 10.9. The van der Waals surface area contributed by atoms with Gasteiger partial charge < -0.3 is 14.6 Å². The minimum absolute atomic E-state index is 0.362. The summed E-state index contributed by atoms with van der Waals surface area (Å²) in [6, 6.07) is 0. The van der Waals surface area contributed by atoms with Gasteiger partial charge in [-0.05, 0) is 38.5 Å². The monoisotopic (exact) mass is 238 g/mol. The van der Waals surface area contributed by atoms with Crippen molar-refractivity contribution in [2.24, 2.45) is 5.92 Å². The van der Waals surface area contributed by atoms with Gasteiger partial charge in [-0.2, -0.15) is 0 Å². The molecule has 0 radical (unpaired) electrons. The Labute approximate surface area is 102 Å². The third-order valence-corrected chi connectivity index (χ3v) is 5.61. The Bertz CT molecular complexity index is 340. The molecule has 2 aliphatic heterocycles. The van der Waals surface area contributed by atoms with E-state index in [2.05, 4.69) is 0 Å². The molecule has 0 amide bonds. The van der Waals surface area contributed by atoms with E-state index in [9.17, 15) is 5.11 Å². The van der Waals surface area contributed by atoms with Gasteiger partial charge in [-0.25, -0.2) is 0 Å². The van der Waals surface area contributed by atoms with Gasteiger partial charge in [0.15, 0.2) is 11.6 Å². The molecular formula is C14H22O3. The van der Waals surface area contributed by atoms with Crippen LogP contribution in [0.3, 0.4) is 0 Å². The first-order chi connectivity index (χ1) is 8.18. The highest BCUT2D eigenvalue weighted by molar-refractivity contribution is 5.10. The highest BCUT2D eigenvalue weighted by Gasteiger charge is 2.70. The molecule has 4 fully saturated rings. The molecule has 0 aromatic heterocycles. The van der Waals surface area contributed by atoms with Crippen LogP contribution in [0.15, 0.2) is 0 Å². The van der Waals surface area contributed by atoms with E-state index in [0.717, 1.165) is 32.1 Å². The minimum atomic E-state index is -0.975. The molecule has 0 aromatic carbocycles. The van der Waals surface area contributed by atoms with E-state index in [-0.39, 0.29) is 5.60 Å². The van der Waals surface area contributed by atoms with Crippen LogP contribution in [0.1, 0.15) is 64.2 Å². The fourth-order valence-corrected chi connectivity index (χ4v) is 4.71. The molecule has 2 heterocycles. The summed E-state index contributed by atoms with van der Waals surface area (Å²) in [7, 11) is 0. The van der Waals surface area contributed by atoms with Gasteiger partial charge in [-0.15, -0.1) is 0 Å². The largest absolute Gasteiger partial charge is 0.363 e. The van der Waals surface area contributed by atoms with Crippen molar-refractivity contribution in [1.82, 2.24) is 0 Å². The maximum Gasteiger partial charge on any atom is 0.198 e. The molecule has 3 heteroatoms. The standard InChI is InChI=1S/C14H22O3/c15-14-9-4-3-7-12(14)10-6-11-5-1-2-8-13(11,16-12)17-14/h11,15H,1-10H2/t11?,12-,13-,14?/m0/s1. The minimum Gasteiger partial charge on any atom is -0.363 e. The van der Waals surface area contributed by atoms with Crippen LogP contribution in [0.5, 0.6) is 0 Å². The highest BCUT2D eigenvalue weighted by Crippen LogP contribution is 2.62. The van der Waals surface area contributed by atoms with Gasteiger partial charge in [0.1, 0.15) is 5.60 Å². The Morgan fingerprint density at radius 2 is 1.65 bits per heavy atom. The summed E-state index contributed by atoms with van der Waals surface area (Å²) < 4.78 is 12.6. The Morgan fingerprint density at radius 3 is 2.59 bits per heavy atom. The SMILES string of the molecule is OC12CCCC[C@]13CCC1CCCC[C@@]1(O2)O3. The molecule has 2 aliphatic carbocycles. The van der Waals surface area contributed by atoms with Crippen LogP contribution in [0, 0.1) is 5.92 Å². The molecule has 3 nitrogen and oxygen atoms in total. The van der Waals surface area contributed by atoms with E-state index >= 15 is 0 Å². The van der Waals surface area contributed by atoms with Crippen LogP contribution in [-0.2, 0) is 9.47 Å². The molecule has 2 saturated carbocycles. The smallest absolute Gasteiger partial charge is 0.198 e. The number of hydrogen-bond acceptors (Lipinski definition) is 3. The zero-order chi connectivity index (χ0) is 11.6. The molecule has 17 heavy (non-hydrogen) atoms. The molecule has 0 aromatic rings. The Kier molecular flexibility index (Phi) is 2.06. The van der Waals surface area contributed by atoms with Crippen LogP contribution in [0.25, 0.3) is 0 Å². The summed E-state index contributed by atoms with van der Waals surface area (Å²) >= 11 is 0. The predicted octanol–water partition coefficient (Wildman–Crippen LogP) is 2.71. The third-order valence-electron chi connectivity index (χ3n) is 5.61. The molecule has 1 N–H and O–H groups in total. The molecular weight excluding hydrogens is 216 g/mol. The van der Waals surface area contributed by atoms with Crippen molar-refractivity contribution in [3.63, 3.8) is 0 Å². The average Bonchev–Trinajstić information content (AvgIpc) is 2.52. The first-order valence-corrected chi connectivity index (χ1v) is 7.31. The van der Waals surface area contributed by atoms with Crippen LogP contribution < -0.4 is 0 Å². The first-order valence-electron chi connectivity index (χ1n) is 7.31. The van der Waals surface area contributed by atoms with E-state index < -0.39 is 11.6 Å². The molecule has 4 aliphatic rings. The van der Waals surface area contributed by atoms with Crippen LogP contribution in [-0.4, -0.2) is 22.3 Å². The number of rotatable bonds is 0. The fourth-order valence-electron chi connectivity index (χ4n) is 4.71. The number of aliphatic hydroxyl groups is 1. The molecule has 4 rings (SSSR count). The van der Waals surface area contributed by atoms with Crippen molar-refractivity contribution < 1.29 is 14.6 Å². The molecule has 2 bridgehead atoms. The lowest BCUT2D eigenvalue weighted by atomic mass is 9.71. The van der Waals surface area contributed by atoms with E-state index in [0.29, 0.717) is 5.92 Å².